The van der Waals surface area contributed by atoms with Gasteiger partial charge in [-0.05, 0) is 31.9 Å². The lowest BCUT2D eigenvalue weighted by Crippen LogP contribution is -2.36. The predicted octanol–water partition coefficient (Wildman–Crippen LogP) is 2.47. The van der Waals surface area contributed by atoms with Gasteiger partial charge in [-0.2, -0.15) is 0 Å². The fraction of sp³-hybridized carbons (Fsp3) is 0.389. The van der Waals surface area contributed by atoms with Gasteiger partial charge in [-0.15, -0.1) is 0 Å². The van der Waals surface area contributed by atoms with Crippen LogP contribution in [0, 0.1) is 0 Å². The van der Waals surface area contributed by atoms with E-state index in [1.807, 2.05) is 0 Å². The van der Waals surface area contributed by atoms with Crippen LogP contribution in [-0.2, 0) is 0 Å². The van der Waals surface area contributed by atoms with E-state index in [1.165, 1.54) is 4.57 Å². The molecule has 0 bridgehead atoms. The molecule has 0 amide bonds. The maximum atomic E-state index is 12.3. The Hall–Kier alpha value is -2.83. The average molecular weight is 342 g/mol. The molecule has 132 valence electrons. The Morgan fingerprint density at radius 1 is 1.24 bits per heavy atom. The molecule has 0 saturated heterocycles. The maximum absolute atomic E-state index is 12.3. The van der Waals surface area contributed by atoms with E-state index in [-0.39, 0.29) is 17.5 Å². The van der Waals surface area contributed by atoms with E-state index in [4.69, 9.17) is 5.73 Å². The summed E-state index contributed by atoms with van der Waals surface area (Å²) < 4.78 is 1.29. The molecule has 0 radical (unpaired) electrons. The van der Waals surface area contributed by atoms with Crippen LogP contribution in [-0.4, -0.2) is 20.4 Å². The molecule has 1 aliphatic carbocycles. The Bertz CT molecular complexity index is 921. The van der Waals surface area contributed by atoms with Crippen LogP contribution in [0.15, 0.2) is 38.8 Å². The van der Waals surface area contributed by atoms with Gasteiger partial charge in [-0.25, -0.2) is 4.79 Å². The van der Waals surface area contributed by atoms with Gasteiger partial charge < -0.3 is 10.8 Å². The molecule has 1 aliphatic rings. The summed E-state index contributed by atoms with van der Waals surface area (Å²) in [6.07, 6.45) is 4.73. The quantitative estimate of drug-likeness (QED) is 0.587. The largest absolute Gasteiger partial charge is 0.494 e. The molecule has 1 aromatic carbocycles. The van der Waals surface area contributed by atoms with E-state index in [2.05, 4.69) is 9.98 Å². The summed E-state index contributed by atoms with van der Waals surface area (Å²) >= 11 is 0. The van der Waals surface area contributed by atoms with Crippen molar-refractivity contribution in [1.82, 2.24) is 9.55 Å². The molecule has 3 rings (SSSR count). The fourth-order valence-corrected chi connectivity index (χ4v) is 3.37. The smallest absolute Gasteiger partial charge is 0.331 e. The molecule has 1 saturated carbocycles. The van der Waals surface area contributed by atoms with E-state index in [9.17, 15) is 14.7 Å². The Labute approximate surface area is 144 Å². The average Bonchev–Trinajstić information content (AvgIpc) is 2.57. The van der Waals surface area contributed by atoms with Gasteiger partial charge in [0.25, 0.3) is 5.56 Å². The second-order valence-corrected chi connectivity index (χ2v) is 6.38. The van der Waals surface area contributed by atoms with Gasteiger partial charge in [0.05, 0.1) is 17.1 Å². The van der Waals surface area contributed by atoms with E-state index in [1.54, 1.807) is 31.2 Å². The van der Waals surface area contributed by atoms with Gasteiger partial charge in [-0.3, -0.25) is 19.3 Å². The molecule has 4 N–H and O–H groups in total. The Morgan fingerprint density at radius 3 is 2.60 bits per heavy atom. The lowest BCUT2D eigenvalue weighted by molar-refractivity contribution is 0.298. The Morgan fingerprint density at radius 2 is 1.92 bits per heavy atom. The third-order valence-corrected chi connectivity index (χ3v) is 4.64. The van der Waals surface area contributed by atoms with Crippen molar-refractivity contribution < 1.29 is 5.11 Å². The van der Waals surface area contributed by atoms with Crippen LogP contribution in [0.25, 0.3) is 0 Å². The van der Waals surface area contributed by atoms with Gasteiger partial charge in [0, 0.05) is 6.04 Å². The molecule has 0 unspecified atom stereocenters. The molecular formula is C18H22N4O3. The minimum absolute atomic E-state index is 0.00780. The molecule has 2 aromatic rings. The summed E-state index contributed by atoms with van der Waals surface area (Å²) in [4.78, 5) is 31.2. The van der Waals surface area contributed by atoms with E-state index < -0.39 is 11.2 Å². The van der Waals surface area contributed by atoms with Crippen LogP contribution >= 0.6 is 0 Å². The van der Waals surface area contributed by atoms with Crippen molar-refractivity contribution in [2.75, 3.05) is 5.73 Å². The van der Waals surface area contributed by atoms with Crippen LogP contribution in [0.5, 0.6) is 5.88 Å². The highest BCUT2D eigenvalue weighted by atomic mass is 16.3. The summed E-state index contributed by atoms with van der Waals surface area (Å²) in [6.45, 7) is 1.62. The second kappa shape index (κ2) is 6.96. The zero-order chi connectivity index (χ0) is 18.0. The van der Waals surface area contributed by atoms with Gasteiger partial charge in [0.1, 0.15) is 5.56 Å². The first kappa shape index (κ1) is 17.0. The monoisotopic (exact) mass is 342 g/mol. The van der Waals surface area contributed by atoms with E-state index >= 15 is 0 Å². The maximum Gasteiger partial charge on any atom is 0.331 e. The van der Waals surface area contributed by atoms with Crippen LogP contribution in [0.2, 0.25) is 0 Å². The van der Waals surface area contributed by atoms with Gasteiger partial charge in [0.2, 0.25) is 5.88 Å². The van der Waals surface area contributed by atoms with E-state index in [0.29, 0.717) is 17.1 Å². The highest BCUT2D eigenvalue weighted by molar-refractivity contribution is 6.02. The number of nitrogen functional groups attached to an aromatic ring is 1. The number of aromatic nitrogens is 2. The van der Waals surface area contributed by atoms with Crippen LogP contribution in [0.1, 0.15) is 50.6 Å². The Kier molecular flexibility index (Phi) is 4.74. The summed E-state index contributed by atoms with van der Waals surface area (Å²) in [5, 5.41) is 10.7. The number of para-hydroxylation sites is 2. The minimum atomic E-state index is -0.648. The number of aromatic amines is 1. The first-order chi connectivity index (χ1) is 12.0. The van der Waals surface area contributed by atoms with Crippen molar-refractivity contribution >= 4 is 17.1 Å². The summed E-state index contributed by atoms with van der Waals surface area (Å²) in [7, 11) is 0. The number of hydrogen-bond acceptors (Lipinski definition) is 5. The normalized spacial score (nSPS) is 16.1. The number of H-pyrrole nitrogens is 1. The van der Waals surface area contributed by atoms with Gasteiger partial charge >= 0.3 is 5.69 Å². The molecule has 1 aromatic heterocycles. The number of nitrogens with zero attached hydrogens (tertiary/aromatic N) is 2. The summed E-state index contributed by atoms with van der Waals surface area (Å²) in [6, 6.07) is 6.90. The number of rotatable bonds is 3. The number of aliphatic imine (C=N–C) groups is 1. The third-order valence-electron chi connectivity index (χ3n) is 4.64. The van der Waals surface area contributed by atoms with Crippen molar-refractivity contribution in [2.24, 2.45) is 4.99 Å². The van der Waals surface area contributed by atoms with Crippen molar-refractivity contribution in [3.8, 4) is 5.88 Å². The van der Waals surface area contributed by atoms with Crippen molar-refractivity contribution in [3.05, 3.63) is 50.7 Å². The molecule has 0 aliphatic heterocycles. The molecule has 7 nitrogen and oxygen atoms in total. The Balaban J connectivity index is 2.11. The molecule has 1 heterocycles. The zero-order valence-corrected chi connectivity index (χ0v) is 14.2. The van der Waals surface area contributed by atoms with Crippen LogP contribution in [0.3, 0.4) is 0 Å². The predicted molar refractivity (Wildman–Crippen MR) is 97.8 cm³/mol. The van der Waals surface area contributed by atoms with Crippen molar-refractivity contribution in [1.29, 1.82) is 0 Å². The van der Waals surface area contributed by atoms with Crippen LogP contribution < -0.4 is 17.0 Å². The first-order valence-corrected chi connectivity index (χ1v) is 8.47. The van der Waals surface area contributed by atoms with Gasteiger partial charge in [0.15, 0.2) is 0 Å². The topological polar surface area (TPSA) is 113 Å². The highest BCUT2D eigenvalue weighted by Gasteiger charge is 2.24. The van der Waals surface area contributed by atoms with Crippen molar-refractivity contribution in [2.45, 2.75) is 45.1 Å². The summed E-state index contributed by atoms with van der Waals surface area (Å²) in [5.41, 5.74) is 5.95. The molecule has 0 spiro atoms. The standard InChI is InChI=1S/C18H22N4O3/c1-11(20-14-10-6-5-9-13(14)19)15-16(23)21-18(25)22(17(15)24)12-7-3-2-4-8-12/h5-6,9-10,12,24H,2-4,7-8,19H2,1H3,(H,21,23,25). The molecule has 1 fully saturated rings. The molecule has 0 atom stereocenters. The molecule has 25 heavy (non-hydrogen) atoms. The number of nitrogens with two attached hydrogens (primary N) is 1. The van der Waals surface area contributed by atoms with Gasteiger partial charge in [-0.1, -0.05) is 31.4 Å². The number of hydrogen-bond donors (Lipinski definition) is 3. The zero-order valence-electron chi connectivity index (χ0n) is 14.2. The number of anilines is 1. The number of nitrogens with one attached hydrogen (secondary N) is 1. The minimum Gasteiger partial charge on any atom is -0.494 e. The van der Waals surface area contributed by atoms with Crippen LogP contribution in [0.4, 0.5) is 11.4 Å². The first-order valence-electron chi connectivity index (χ1n) is 8.47. The highest BCUT2D eigenvalue weighted by Crippen LogP contribution is 2.30. The third kappa shape index (κ3) is 3.35. The lowest BCUT2D eigenvalue weighted by Gasteiger charge is -2.25. The second-order valence-electron chi connectivity index (χ2n) is 6.38. The SMILES string of the molecule is CC(=Nc1ccccc1N)c1c(O)n(C2CCCCC2)c(=O)[nH]c1=O. The molecule has 7 heteroatoms. The number of aromatic hydroxyl groups is 1. The fourth-order valence-electron chi connectivity index (χ4n) is 3.37. The van der Waals surface area contributed by atoms with Crippen molar-refractivity contribution in [3.63, 3.8) is 0 Å². The summed E-state index contributed by atoms with van der Waals surface area (Å²) in [5.74, 6) is -0.323. The lowest BCUT2D eigenvalue weighted by atomic mass is 9.95. The molecular weight excluding hydrogens is 320 g/mol. The number of benzene rings is 1. The van der Waals surface area contributed by atoms with E-state index in [0.717, 1.165) is 32.1 Å².